The number of nitrogens with one attached hydrogen (secondary N) is 1. The Morgan fingerprint density at radius 3 is 2.56 bits per heavy atom. The van der Waals surface area contributed by atoms with Gasteiger partial charge in [0, 0.05) is 50.4 Å². The lowest BCUT2D eigenvalue weighted by Gasteiger charge is -2.60. The van der Waals surface area contributed by atoms with Gasteiger partial charge in [0.05, 0.1) is 17.9 Å². The van der Waals surface area contributed by atoms with E-state index in [1.165, 1.54) is 6.07 Å². The van der Waals surface area contributed by atoms with Crippen LogP contribution in [0.15, 0.2) is 60.7 Å². The molecule has 2 heterocycles. The molecule has 2 aliphatic heterocycles. The van der Waals surface area contributed by atoms with Crippen molar-refractivity contribution in [2.75, 3.05) is 21.7 Å². The summed E-state index contributed by atoms with van der Waals surface area (Å²) in [5.41, 5.74) is 3.07. The van der Waals surface area contributed by atoms with Crippen molar-refractivity contribution in [3.8, 4) is 24.7 Å². The van der Waals surface area contributed by atoms with Crippen LogP contribution in [0.5, 0.6) is 0 Å². The molecule has 0 amide bonds. The number of hydrogen-bond donors (Lipinski definition) is 1. The van der Waals surface area contributed by atoms with E-state index >= 15 is 0 Å². The minimum absolute atomic E-state index is 0.0295. The number of rotatable bonds is 4. The predicted octanol–water partition coefficient (Wildman–Crippen LogP) is 6.16. The quantitative estimate of drug-likeness (QED) is 0.270. The maximum atomic E-state index is 11.6. The predicted molar refractivity (Wildman–Crippen MR) is 136 cm³/mol. The van der Waals surface area contributed by atoms with Crippen LogP contribution < -0.4 is 15.1 Å². The summed E-state index contributed by atoms with van der Waals surface area (Å²) in [4.78, 5) is 15.3. The molecule has 2 aliphatic rings. The first kappa shape index (κ1) is 22.0. The molecule has 1 N–H and O–H groups in total. The van der Waals surface area contributed by atoms with Gasteiger partial charge in [-0.15, -0.1) is 18.8 Å². The lowest BCUT2D eigenvalue weighted by atomic mass is 9.82. The normalized spacial score (nSPS) is 19.8. The standard InChI is InChI=1S/C26H18Cl2N4O2/c1-3-12-26-22-15-18(28)9-11-24(22)30(13-4-2)25(21-14-17(27)8-10-23(21)29-26)31(26)19-6-5-7-20(16-19)32(33)34/h1-2,5-11,14-16,25,29H,12-13H2. The molecule has 0 saturated carbocycles. The van der Waals surface area contributed by atoms with Crippen molar-refractivity contribution in [1.82, 2.24) is 0 Å². The zero-order valence-corrected chi connectivity index (χ0v) is 19.3. The third-order valence-corrected chi connectivity index (χ3v) is 6.71. The highest BCUT2D eigenvalue weighted by Crippen LogP contribution is 2.57. The first-order valence-corrected chi connectivity index (χ1v) is 11.2. The summed E-state index contributed by atoms with van der Waals surface area (Å²) >= 11 is 12.9. The van der Waals surface area contributed by atoms with Crippen LogP contribution in [0.1, 0.15) is 23.7 Å². The van der Waals surface area contributed by atoms with Crippen molar-refractivity contribution in [2.24, 2.45) is 0 Å². The van der Waals surface area contributed by atoms with E-state index in [2.05, 4.69) is 27.0 Å². The van der Waals surface area contributed by atoms with Crippen molar-refractivity contribution in [3.05, 3.63) is 92.0 Å². The van der Waals surface area contributed by atoms with Crippen LogP contribution in [0.25, 0.3) is 0 Å². The van der Waals surface area contributed by atoms with Gasteiger partial charge in [-0.25, -0.2) is 0 Å². The molecule has 2 unspecified atom stereocenters. The van der Waals surface area contributed by atoms with Crippen molar-refractivity contribution >= 4 is 46.0 Å². The molecule has 0 fully saturated rings. The number of nitrogens with zero attached hydrogens (tertiary/aromatic N) is 3. The molecule has 0 aliphatic carbocycles. The fraction of sp³-hybridized carbons (Fsp3) is 0.154. The minimum atomic E-state index is -0.944. The van der Waals surface area contributed by atoms with Gasteiger partial charge < -0.3 is 15.1 Å². The van der Waals surface area contributed by atoms with Crippen molar-refractivity contribution < 1.29 is 4.92 Å². The van der Waals surface area contributed by atoms with Crippen LogP contribution in [0.2, 0.25) is 10.0 Å². The number of terminal acetylenes is 2. The van der Waals surface area contributed by atoms with Gasteiger partial charge in [0.25, 0.3) is 5.69 Å². The summed E-state index contributed by atoms with van der Waals surface area (Å²) in [5, 5.41) is 16.3. The van der Waals surface area contributed by atoms with Crippen molar-refractivity contribution in [1.29, 1.82) is 0 Å². The molecule has 168 valence electrons. The molecule has 0 spiro atoms. The Balaban J connectivity index is 1.89. The Bertz CT molecular complexity index is 1410. The molecule has 3 aromatic rings. The van der Waals surface area contributed by atoms with E-state index in [-0.39, 0.29) is 18.7 Å². The average Bonchev–Trinajstić information content (AvgIpc) is 2.82. The number of non-ortho nitro benzene ring substituents is 1. The molecule has 3 aromatic carbocycles. The molecular weight excluding hydrogens is 471 g/mol. The van der Waals surface area contributed by atoms with Crippen LogP contribution in [0, 0.1) is 34.8 Å². The highest BCUT2D eigenvalue weighted by Gasteiger charge is 2.54. The van der Waals surface area contributed by atoms with Crippen LogP contribution in [-0.4, -0.2) is 11.5 Å². The molecule has 8 heteroatoms. The second-order valence-corrected chi connectivity index (χ2v) is 8.98. The second kappa shape index (κ2) is 8.18. The fourth-order valence-electron chi connectivity index (χ4n) is 4.98. The van der Waals surface area contributed by atoms with Gasteiger partial charge in [0.1, 0.15) is 6.17 Å². The second-order valence-electron chi connectivity index (χ2n) is 8.11. The molecule has 2 atom stereocenters. The van der Waals surface area contributed by atoms with Gasteiger partial charge in [0.2, 0.25) is 0 Å². The fourth-order valence-corrected chi connectivity index (χ4v) is 5.33. The first-order valence-electron chi connectivity index (χ1n) is 10.4. The van der Waals surface area contributed by atoms with E-state index in [9.17, 15) is 10.1 Å². The lowest BCUT2D eigenvalue weighted by Crippen LogP contribution is -2.64. The van der Waals surface area contributed by atoms with E-state index in [0.717, 1.165) is 22.5 Å². The SMILES string of the molecule is C#CCN1c2ccc(Cl)cc2C2(CC#C)Nc3ccc(Cl)cc3C1N2c1cccc([N+](=O)[O-])c1. The zero-order chi connectivity index (χ0) is 24.0. The summed E-state index contributed by atoms with van der Waals surface area (Å²) in [6.07, 6.45) is 11.5. The molecule has 6 nitrogen and oxygen atoms in total. The average molecular weight is 489 g/mol. The zero-order valence-electron chi connectivity index (χ0n) is 17.8. The van der Waals surface area contributed by atoms with E-state index in [4.69, 9.17) is 36.0 Å². The molecule has 2 bridgehead atoms. The first-order chi connectivity index (χ1) is 16.4. The number of nitro benzene ring substituents is 1. The molecule has 0 aromatic heterocycles. The maximum absolute atomic E-state index is 11.6. The number of anilines is 3. The topological polar surface area (TPSA) is 61.6 Å². The van der Waals surface area contributed by atoms with E-state index in [1.807, 2.05) is 36.4 Å². The molecule has 0 saturated heterocycles. The third kappa shape index (κ3) is 3.23. The van der Waals surface area contributed by atoms with E-state index < -0.39 is 16.8 Å². The summed E-state index contributed by atoms with van der Waals surface area (Å²) < 4.78 is 0. The highest BCUT2D eigenvalue weighted by atomic mass is 35.5. The maximum Gasteiger partial charge on any atom is 0.271 e. The Morgan fingerprint density at radius 2 is 1.82 bits per heavy atom. The molecule has 34 heavy (non-hydrogen) atoms. The Kier molecular flexibility index (Phi) is 5.29. The minimum Gasteiger partial charge on any atom is -0.358 e. The Labute approximate surface area is 207 Å². The molecule has 0 radical (unpaired) electrons. The van der Waals surface area contributed by atoms with Gasteiger partial charge in [-0.2, -0.15) is 0 Å². The van der Waals surface area contributed by atoms with Crippen molar-refractivity contribution in [3.63, 3.8) is 0 Å². The number of hydrogen-bond acceptors (Lipinski definition) is 5. The van der Waals surface area contributed by atoms with Gasteiger partial charge in [0.15, 0.2) is 5.66 Å². The molecule has 5 rings (SSSR count). The molecular formula is C26H18Cl2N4O2. The van der Waals surface area contributed by atoms with E-state index in [1.54, 1.807) is 18.2 Å². The van der Waals surface area contributed by atoms with Gasteiger partial charge in [-0.05, 0) is 42.5 Å². The number of benzene rings is 3. The van der Waals surface area contributed by atoms with Crippen LogP contribution >= 0.6 is 23.2 Å². The summed E-state index contributed by atoms with van der Waals surface area (Å²) in [5.74, 6) is 5.56. The summed E-state index contributed by atoms with van der Waals surface area (Å²) in [7, 11) is 0. The van der Waals surface area contributed by atoms with Crippen LogP contribution in [0.3, 0.4) is 0 Å². The van der Waals surface area contributed by atoms with Crippen LogP contribution in [-0.2, 0) is 5.66 Å². The smallest absolute Gasteiger partial charge is 0.271 e. The van der Waals surface area contributed by atoms with Crippen molar-refractivity contribution in [2.45, 2.75) is 18.2 Å². The Hall–Kier alpha value is -3.84. The summed E-state index contributed by atoms with van der Waals surface area (Å²) in [6.45, 7) is 0.281. The van der Waals surface area contributed by atoms with Gasteiger partial charge in [-0.3, -0.25) is 10.1 Å². The Morgan fingerprint density at radius 1 is 1.06 bits per heavy atom. The monoisotopic (exact) mass is 488 g/mol. The number of nitro groups is 1. The largest absolute Gasteiger partial charge is 0.358 e. The highest BCUT2D eigenvalue weighted by molar-refractivity contribution is 6.31. The van der Waals surface area contributed by atoms with Crippen LogP contribution in [0.4, 0.5) is 22.7 Å². The number of halogens is 2. The van der Waals surface area contributed by atoms with E-state index in [0.29, 0.717) is 15.7 Å². The summed E-state index contributed by atoms with van der Waals surface area (Å²) in [6, 6.07) is 17.7. The third-order valence-electron chi connectivity index (χ3n) is 6.24. The van der Waals surface area contributed by atoms with Gasteiger partial charge >= 0.3 is 0 Å². The number of fused-ring (bicyclic) bond motifs is 6. The lowest BCUT2D eigenvalue weighted by molar-refractivity contribution is -0.384. The van der Waals surface area contributed by atoms with Gasteiger partial charge in [-0.1, -0.05) is 35.2 Å².